The smallest absolute Gasteiger partial charge is 0.251 e. The minimum Gasteiger partial charge on any atom is -0.347 e. The van der Waals surface area contributed by atoms with E-state index in [-0.39, 0.29) is 11.4 Å². The van der Waals surface area contributed by atoms with E-state index in [4.69, 9.17) is 11.6 Å². The van der Waals surface area contributed by atoms with Crippen LogP contribution in [0.2, 0.25) is 5.15 Å². The van der Waals surface area contributed by atoms with E-state index >= 15 is 0 Å². The first-order chi connectivity index (χ1) is 8.02. The highest BCUT2D eigenvalue weighted by Crippen LogP contribution is 2.31. The van der Waals surface area contributed by atoms with Crippen molar-refractivity contribution in [2.24, 2.45) is 0 Å². The van der Waals surface area contributed by atoms with E-state index in [9.17, 15) is 4.79 Å². The van der Waals surface area contributed by atoms with E-state index in [0.717, 1.165) is 25.0 Å². The second kappa shape index (κ2) is 4.65. The molecule has 0 unspecified atom stereocenters. The molecule has 1 N–H and O–H groups in total. The maximum absolute atomic E-state index is 12.1. The molecule has 4 heteroatoms. The Hall–Kier alpha value is -1.09. The fourth-order valence-corrected chi connectivity index (χ4v) is 2.27. The maximum Gasteiger partial charge on any atom is 0.251 e. The highest BCUT2D eigenvalue weighted by atomic mass is 35.5. The standard InChI is InChI=1S/C13H17ClN2O/c1-3-10-7-9(8-11(14)15-10)12(17)16-13(2)5-4-6-13/h7-8H,3-6H2,1-2H3,(H,16,17). The van der Waals surface area contributed by atoms with Crippen LogP contribution in [0.5, 0.6) is 0 Å². The fraction of sp³-hybridized carbons (Fsp3) is 0.538. The summed E-state index contributed by atoms with van der Waals surface area (Å²) in [6, 6.07) is 3.43. The zero-order valence-electron chi connectivity index (χ0n) is 10.2. The van der Waals surface area contributed by atoms with Crippen molar-refractivity contribution in [2.75, 3.05) is 0 Å². The van der Waals surface area contributed by atoms with Crippen molar-refractivity contribution in [3.63, 3.8) is 0 Å². The molecule has 1 saturated carbocycles. The summed E-state index contributed by atoms with van der Waals surface area (Å²) in [4.78, 5) is 16.2. The predicted octanol–water partition coefficient (Wildman–Crippen LogP) is 2.97. The molecule has 0 spiro atoms. The lowest BCUT2D eigenvalue weighted by Crippen LogP contribution is -2.50. The summed E-state index contributed by atoms with van der Waals surface area (Å²) in [7, 11) is 0. The number of halogens is 1. The molecule has 0 aliphatic heterocycles. The first-order valence-electron chi connectivity index (χ1n) is 6.01. The number of aryl methyl sites for hydroxylation is 1. The van der Waals surface area contributed by atoms with Crippen molar-refractivity contribution in [1.82, 2.24) is 10.3 Å². The number of hydrogen-bond acceptors (Lipinski definition) is 2. The molecule has 1 fully saturated rings. The van der Waals surface area contributed by atoms with Crippen molar-refractivity contribution in [3.8, 4) is 0 Å². The third kappa shape index (κ3) is 2.78. The first kappa shape index (κ1) is 12.4. The monoisotopic (exact) mass is 252 g/mol. The minimum atomic E-state index is -0.0498. The van der Waals surface area contributed by atoms with Crippen LogP contribution >= 0.6 is 11.6 Å². The Morgan fingerprint density at radius 2 is 2.24 bits per heavy atom. The molecule has 92 valence electrons. The van der Waals surface area contributed by atoms with Crippen LogP contribution in [0, 0.1) is 0 Å². The highest BCUT2D eigenvalue weighted by Gasteiger charge is 2.33. The lowest BCUT2D eigenvalue weighted by atomic mass is 9.78. The van der Waals surface area contributed by atoms with E-state index in [1.807, 2.05) is 13.0 Å². The predicted molar refractivity (Wildman–Crippen MR) is 68.3 cm³/mol. The molecule has 0 radical (unpaired) electrons. The second-order valence-electron chi connectivity index (χ2n) is 4.89. The van der Waals surface area contributed by atoms with Gasteiger partial charge in [0, 0.05) is 16.8 Å². The minimum absolute atomic E-state index is 0.0286. The van der Waals surface area contributed by atoms with Gasteiger partial charge in [-0.15, -0.1) is 0 Å². The molecule has 0 aromatic carbocycles. The summed E-state index contributed by atoms with van der Waals surface area (Å²) in [5, 5.41) is 3.44. The molecule has 1 amide bonds. The number of carbonyl (C=O) groups excluding carboxylic acids is 1. The first-order valence-corrected chi connectivity index (χ1v) is 6.39. The zero-order valence-corrected chi connectivity index (χ0v) is 11.0. The summed E-state index contributed by atoms with van der Waals surface area (Å²) in [5.41, 5.74) is 1.43. The van der Waals surface area contributed by atoms with Crippen LogP contribution < -0.4 is 5.32 Å². The number of aromatic nitrogens is 1. The summed E-state index contributed by atoms with van der Waals surface area (Å²) < 4.78 is 0. The molecule has 1 aliphatic carbocycles. The SMILES string of the molecule is CCc1cc(C(=O)NC2(C)CCC2)cc(Cl)n1. The van der Waals surface area contributed by atoms with E-state index < -0.39 is 0 Å². The summed E-state index contributed by atoms with van der Waals surface area (Å²) in [6.07, 6.45) is 4.07. The van der Waals surface area contributed by atoms with Crippen LogP contribution in [0.4, 0.5) is 0 Å². The van der Waals surface area contributed by atoms with Gasteiger partial charge in [-0.2, -0.15) is 0 Å². The summed E-state index contributed by atoms with van der Waals surface area (Å²) in [6.45, 7) is 4.07. The molecule has 3 nitrogen and oxygen atoms in total. The largest absolute Gasteiger partial charge is 0.347 e. The quantitative estimate of drug-likeness (QED) is 0.841. The zero-order chi connectivity index (χ0) is 12.5. The van der Waals surface area contributed by atoms with E-state index in [2.05, 4.69) is 17.2 Å². The molecule has 17 heavy (non-hydrogen) atoms. The third-order valence-electron chi connectivity index (χ3n) is 3.34. The van der Waals surface area contributed by atoms with Crippen molar-refractivity contribution in [3.05, 3.63) is 28.5 Å². The van der Waals surface area contributed by atoms with Gasteiger partial charge in [-0.05, 0) is 44.7 Å². The van der Waals surface area contributed by atoms with Gasteiger partial charge in [-0.25, -0.2) is 4.98 Å². The average Bonchev–Trinajstić information content (AvgIpc) is 2.26. The Kier molecular flexibility index (Phi) is 3.38. The van der Waals surface area contributed by atoms with Gasteiger partial charge in [0.05, 0.1) is 0 Å². The van der Waals surface area contributed by atoms with Crippen molar-refractivity contribution in [2.45, 2.75) is 45.1 Å². The Morgan fingerprint density at radius 1 is 1.53 bits per heavy atom. The van der Waals surface area contributed by atoms with E-state index in [1.165, 1.54) is 6.42 Å². The van der Waals surface area contributed by atoms with E-state index in [1.54, 1.807) is 6.07 Å². The molecular formula is C13H17ClN2O. The topological polar surface area (TPSA) is 42.0 Å². The van der Waals surface area contributed by atoms with Crippen LogP contribution in [0.15, 0.2) is 12.1 Å². The van der Waals surface area contributed by atoms with Crippen LogP contribution in [-0.2, 0) is 6.42 Å². The van der Waals surface area contributed by atoms with Gasteiger partial charge < -0.3 is 5.32 Å². The lowest BCUT2D eigenvalue weighted by molar-refractivity contribution is 0.0850. The molecule has 0 bridgehead atoms. The van der Waals surface area contributed by atoms with Gasteiger partial charge in [0.2, 0.25) is 0 Å². The van der Waals surface area contributed by atoms with Gasteiger partial charge in [0.1, 0.15) is 5.15 Å². The van der Waals surface area contributed by atoms with Gasteiger partial charge in [-0.3, -0.25) is 4.79 Å². The Bertz CT molecular complexity index is 441. The average molecular weight is 253 g/mol. The Balaban J connectivity index is 2.15. The van der Waals surface area contributed by atoms with Crippen LogP contribution in [0.1, 0.15) is 49.2 Å². The van der Waals surface area contributed by atoms with E-state index in [0.29, 0.717) is 10.7 Å². The number of carbonyl (C=O) groups is 1. The number of amides is 1. The number of hydrogen-bond donors (Lipinski definition) is 1. The van der Waals surface area contributed by atoms with Crippen LogP contribution in [0.3, 0.4) is 0 Å². The van der Waals surface area contributed by atoms with Crippen molar-refractivity contribution >= 4 is 17.5 Å². The second-order valence-corrected chi connectivity index (χ2v) is 5.28. The molecular weight excluding hydrogens is 236 g/mol. The van der Waals surface area contributed by atoms with Crippen LogP contribution in [-0.4, -0.2) is 16.4 Å². The maximum atomic E-state index is 12.1. The number of nitrogens with zero attached hydrogens (tertiary/aromatic N) is 1. The number of nitrogens with one attached hydrogen (secondary N) is 1. The molecule has 1 aromatic rings. The van der Waals surface area contributed by atoms with Gasteiger partial charge in [0.25, 0.3) is 5.91 Å². The molecule has 0 saturated heterocycles. The van der Waals surface area contributed by atoms with Crippen molar-refractivity contribution < 1.29 is 4.79 Å². The normalized spacial score (nSPS) is 17.4. The Morgan fingerprint density at radius 3 is 2.76 bits per heavy atom. The highest BCUT2D eigenvalue weighted by molar-refractivity contribution is 6.29. The molecule has 1 aromatic heterocycles. The number of pyridine rings is 1. The molecule has 2 rings (SSSR count). The fourth-order valence-electron chi connectivity index (χ4n) is 2.04. The van der Waals surface area contributed by atoms with Gasteiger partial charge >= 0.3 is 0 Å². The Labute approximate surface area is 107 Å². The van der Waals surface area contributed by atoms with Crippen LogP contribution in [0.25, 0.3) is 0 Å². The summed E-state index contributed by atoms with van der Waals surface area (Å²) in [5.74, 6) is -0.0498. The molecule has 1 aliphatic rings. The molecule has 1 heterocycles. The lowest BCUT2D eigenvalue weighted by Gasteiger charge is -2.39. The number of rotatable bonds is 3. The summed E-state index contributed by atoms with van der Waals surface area (Å²) >= 11 is 5.90. The van der Waals surface area contributed by atoms with Gasteiger partial charge in [-0.1, -0.05) is 18.5 Å². The third-order valence-corrected chi connectivity index (χ3v) is 3.54. The van der Waals surface area contributed by atoms with Crippen molar-refractivity contribution in [1.29, 1.82) is 0 Å². The molecule has 0 atom stereocenters. The van der Waals surface area contributed by atoms with Gasteiger partial charge in [0.15, 0.2) is 0 Å².